The van der Waals surface area contributed by atoms with Crippen molar-refractivity contribution in [2.75, 3.05) is 13.6 Å². The van der Waals surface area contributed by atoms with Gasteiger partial charge >= 0.3 is 0 Å². The average molecular weight is 320 g/mol. The van der Waals surface area contributed by atoms with Crippen molar-refractivity contribution in [1.82, 2.24) is 15.6 Å². The molecular formula is C16H21FN4S. The minimum atomic E-state index is -0.208. The minimum absolute atomic E-state index is 0.208. The summed E-state index contributed by atoms with van der Waals surface area (Å²) < 4.78 is 13.5. The van der Waals surface area contributed by atoms with Crippen LogP contribution < -0.4 is 10.6 Å². The summed E-state index contributed by atoms with van der Waals surface area (Å²) in [5.41, 5.74) is 0.623. The Hall–Kier alpha value is -1.95. The van der Waals surface area contributed by atoms with Gasteiger partial charge < -0.3 is 10.6 Å². The molecule has 1 aromatic carbocycles. The summed E-state index contributed by atoms with van der Waals surface area (Å²) in [4.78, 5) is 9.83. The lowest BCUT2D eigenvalue weighted by Gasteiger charge is -2.11. The fourth-order valence-electron chi connectivity index (χ4n) is 1.96. The SMILES string of the molecule is CCc1cnc(CCNC(=NC)NCc2ccccc2F)s1. The highest BCUT2D eigenvalue weighted by atomic mass is 32.1. The zero-order valence-corrected chi connectivity index (χ0v) is 13.7. The number of thiazole rings is 1. The molecule has 22 heavy (non-hydrogen) atoms. The van der Waals surface area contributed by atoms with Gasteiger partial charge in [-0.15, -0.1) is 11.3 Å². The average Bonchev–Trinajstić information content (AvgIpc) is 3.00. The molecule has 0 aliphatic rings. The molecule has 2 rings (SSSR count). The molecule has 0 saturated heterocycles. The van der Waals surface area contributed by atoms with Crippen molar-refractivity contribution in [3.8, 4) is 0 Å². The fraction of sp³-hybridized carbons (Fsp3) is 0.375. The van der Waals surface area contributed by atoms with E-state index in [1.165, 1.54) is 10.9 Å². The Morgan fingerprint density at radius 3 is 2.82 bits per heavy atom. The van der Waals surface area contributed by atoms with Gasteiger partial charge in [-0.3, -0.25) is 4.99 Å². The third-order valence-electron chi connectivity index (χ3n) is 3.21. The predicted molar refractivity (Wildman–Crippen MR) is 89.8 cm³/mol. The number of hydrogen-bond acceptors (Lipinski definition) is 3. The molecule has 0 fully saturated rings. The van der Waals surface area contributed by atoms with Gasteiger partial charge in [-0.1, -0.05) is 25.1 Å². The molecule has 0 amide bonds. The Bertz CT molecular complexity index is 624. The molecule has 0 atom stereocenters. The molecular weight excluding hydrogens is 299 g/mol. The monoisotopic (exact) mass is 320 g/mol. The predicted octanol–water partition coefficient (Wildman–Crippen LogP) is 2.75. The molecule has 0 unspecified atom stereocenters. The van der Waals surface area contributed by atoms with Crippen molar-refractivity contribution < 1.29 is 4.39 Å². The number of rotatable bonds is 6. The van der Waals surface area contributed by atoms with Crippen molar-refractivity contribution in [1.29, 1.82) is 0 Å². The Kier molecular flexibility index (Phi) is 6.33. The third kappa shape index (κ3) is 4.80. The Labute approximate surface area is 134 Å². The highest BCUT2D eigenvalue weighted by Gasteiger charge is 2.04. The highest BCUT2D eigenvalue weighted by Crippen LogP contribution is 2.13. The van der Waals surface area contributed by atoms with Crippen molar-refractivity contribution in [2.24, 2.45) is 4.99 Å². The molecule has 2 N–H and O–H groups in total. The van der Waals surface area contributed by atoms with Crippen LogP contribution >= 0.6 is 11.3 Å². The van der Waals surface area contributed by atoms with Gasteiger partial charge in [0.1, 0.15) is 5.82 Å². The summed E-state index contributed by atoms with van der Waals surface area (Å²) in [5, 5.41) is 7.45. The number of benzene rings is 1. The maximum absolute atomic E-state index is 13.5. The molecule has 0 spiro atoms. The number of nitrogens with one attached hydrogen (secondary N) is 2. The maximum atomic E-state index is 13.5. The Morgan fingerprint density at radius 2 is 2.14 bits per heavy atom. The zero-order chi connectivity index (χ0) is 15.8. The fourth-order valence-corrected chi connectivity index (χ4v) is 2.82. The van der Waals surface area contributed by atoms with E-state index in [-0.39, 0.29) is 5.82 Å². The van der Waals surface area contributed by atoms with Gasteiger partial charge in [-0.2, -0.15) is 0 Å². The van der Waals surface area contributed by atoms with Gasteiger partial charge in [0.15, 0.2) is 5.96 Å². The van der Waals surface area contributed by atoms with Crippen molar-refractivity contribution >= 4 is 17.3 Å². The number of guanidine groups is 1. The minimum Gasteiger partial charge on any atom is -0.356 e. The van der Waals surface area contributed by atoms with E-state index in [0.29, 0.717) is 18.1 Å². The van der Waals surface area contributed by atoms with E-state index in [0.717, 1.165) is 24.4 Å². The lowest BCUT2D eigenvalue weighted by Crippen LogP contribution is -2.38. The van der Waals surface area contributed by atoms with Crippen LogP contribution in [-0.2, 0) is 19.4 Å². The second-order valence-corrected chi connectivity index (χ2v) is 5.97. The van der Waals surface area contributed by atoms with E-state index < -0.39 is 0 Å². The van der Waals surface area contributed by atoms with Gasteiger partial charge in [0.25, 0.3) is 0 Å². The lowest BCUT2D eigenvalue weighted by molar-refractivity contribution is 0.604. The highest BCUT2D eigenvalue weighted by molar-refractivity contribution is 7.11. The molecule has 4 nitrogen and oxygen atoms in total. The summed E-state index contributed by atoms with van der Waals surface area (Å²) in [7, 11) is 1.70. The molecule has 0 saturated carbocycles. The molecule has 6 heteroatoms. The van der Waals surface area contributed by atoms with Crippen LogP contribution in [0, 0.1) is 5.82 Å². The van der Waals surface area contributed by atoms with Gasteiger partial charge in [0, 0.05) is 43.2 Å². The lowest BCUT2D eigenvalue weighted by atomic mass is 10.2. The number of aliphatic imine (C=N–C) groups is 1. The Morgan fingerprint density at radius 1 is 1.32 bits per heavy atom. The van der Waals surface area contributed by atoms with Crippen molar-refractivity contribution in [3.63, 3.8) is 0 Å². The van der Waals surface area contributed by atoms with Crippen LogP contribution in [0.1, 0.15) is 22.4 Å². The maximum Gasteiger partial charge on any atom is 0.191 e. The summed E-state index contributed by atoms with van der Waals surface area (Å²) in [6.45, 7) is 3.28. The normalized spacial score (nSPS) is 11.5. The quantitative estimate of drug-likeness (QED) is 0.635. The van der Waals surface area contributed by atoms with E-state index in [2.05, 4.69) is 27.5 Å². The van der Waals surface area contributed by atoms with E-state index in [1.54, 1.807) is 30.5 Å². The van der Waals surface area contributed by atoms with Gasteiger partial charge in [-0.05, 0) is 12.5 Å². The first-order valence-electron chi connectivity index (χ1n) is 7.34. The first kappa shape index (κ1) is 16.4. The molecule has 118 valence electrons. The number of aryl methyl sites for hydroxylation is 1. The molecule has 0 radical (unpaired) electrons. The molecule has 0 aliphatic carbocycles. The van der Waals surface area contributed by atoms with Gasteiger partial charge in [0.05, 0.1) is 5.01 Å². The van der Waals surface area contributed by atoms with Crippen LogP contribution in [0.15, 0.2) is 35.5 Å². The summed E-state index contributed by atoms with van der Waals surface area (Å²) in [5.74, 6) is 0.454. The number of aromatic nitrogens is 1. The van der Waals surface area contributed by atoms with Crippen molar-refractivity contribution in [2.45, 2.75) is 26.3 Å². The largest absolute Gasteiger partial charge is 0.356 e. The summed E-state index contributed by atoms with van der Waals surface area (Å²) in [6.07, 6.45) is 3.81. The second kappa shape index (κ2) is 8.48. The van der Waals surface area contributed by atoms with Crippen LogP contribution in [0.3, 0.4) is 0 Å². The molecule has 1 aromatic heterocycles. The number of nitrogens with zero attached hydrogens (tertiary/aromatic N) is 2. The summed E-state index contributed by atoms with van der Waals surface area (Å²) in [6, 6.07) is 6.73. The van der Waals surface area contributed by atoms with E-state index in [9.17, 15) is 4.39 Å². The third-order valence-corrected chi connectivity index (χ3v) is 4.41. The molecule has 0 aliphatic heterocycles. The van der Waals surface area contributed by atoms with Gasteiger partial charge in [0.2, 0.25) is 0 Å². The second-order valence-electron chi connectivity index (χ2n) is 4.77. The Balaban J connectivity index is 1.77. The first-order valence-corrected chi connectivity index (χ1v) is 8.16. The van der Waals surface area contributed by atoms with E-state index >= 15 is 0 Å². The smallest absolute Gasteiger partial charge is 0.191 e. The van der Waals surface area contributed by atoms with Crippen LogP contribution in [0.2, 0.25) is 0 Å². The molecule has 2 aromatic rings. The first-order chi connectivity index (χ1) is 10.7. The number of halogens is 1. The topological polar surface area (TPSA) is 49.3 Å². The van der Waals surface area contributed by atoms with Crippen LogP contribution in [-0.4, -0.2) is 24.5 Å². The standard InChI is InChI=1S/C16H21FN4S/c1-3-13-11-20-15(22-13)8-9-19-16(18-2)21-10-12-6-4-5-7-14(12)17/h4-7,11H,3,8-10H2,1-2H3,(H2,18,19,21). The number of hydrogen-bond donors (Lipinski definition) is 2. The van der Waals surface area contributed by atoms with Crippen LogP contribution in [0.25, 0.3) is 0 Å². The van der Waals surface area contributed by atoms with E-state index in [1.807, 2.05) is 12.3 Å². The molecule has 0 bridgehead atoms. The van der Waals surface area contributed by atoms with Crippen LogP contribution in [0.4, 0.5) is 4.39 Å². The summed E-state index contributed by atoms with van der Waals surface area (Å²) >= 11 is 1.74. The zero-order valence-electron chi connectivity index (χ0n) is 12.9. The van der Waals surface area contributed by atoms with Crippen LogP contribution in [0.5, 0.6) is 0 Å². The van der Waals surface area contributed by atoms with Gasteiger partial charge in [-0.25, -0.2) is 9.37 Å². The van der Waals surface area contributed by atoms with Crippen molar-refractivity contribution in [3.05, 3.63) is 51.7 Å². The molecule has 1 heterocycles. The van der Waals surface area contributed by atoms with E-state index in [4.69, 9.17) is 0 Å².